The summed E-state index contributed by atoms with van der Waals surface area (Å²) in [6, 6.07) is 6.31. The van der Waals surface area contributed by atoms with Gasteiger partial charge in [0.1, 0.15) is 0 Å². The highest BCUT2D eigenvalue weighted by Gasteiger charge is 2.31. The number of pyridine rings is 1. The Morgan fingerprint density at radius 2 is 2.12 bits per heavy atom. The second-order valence-electron chi connectivity index (χ2n) is 7.21. The molecule has 1 aromatic rings. The summed E-state index contributed by atoms with van der Waals surface area (Å²) >= 11 is 0. The van der Waals surface area contributed by atoms with Crippen LogP contribution in [0, 0.1) is 5.92 Å². The Kier molecular flexibility index (Phi) is 7.50. The van der Waals surface area contributed by atoms with E-state index in [0.717, 1.165) is 45.0 Å². The van der Waals surface area contributed by atoms with Gasteiger partial charge in [0.05, 0.1) is 0 Å². The average molecular weight is 348 g/mol. The fraction of sp³-hybridized carbons (Fsp3) is 0.684. The van der Waals surface area contributed by atoms with Crippen LogP contribution in [0.25, 0.3) is 0 Å². The predicted octanol–water partition coefficient (Wildman–Crippen LogP) is 1.52. The van der Waals surface area contributed by atoms with Crippen molar-refractivity contribution in [2.75, 3.05) is 26.7 Å². The summed E-state index contributed by atoms with van der Waals surface area (Å²) in [7, 11) is 1.82. The maximum Gasteiger partial charge on any atom is 0.250 e. The molecule has 1 fully saturated rings. The smallest absolute Gasteiger partial charge is 0.250 e. The lowest BCUT2D eigenvalue weighted by atomic mass is 10.1. The Hall–Kier alpha value is -1.82. The van der Waals surface area contributed by atoms with E-state index in [4.69, 9.17) is 0 Å². The molecule has 0 saturated carbocycles. The summed E-state index contributed by atoms with van der Waals surface area (Å²) in [5, 5.41) is 6.95. The molecule has 2 heterocycles. The highest BCUT2D eigenvalue weighted by atomic mass is 16.1. The topological polar surface area (TPSA) is 61.7 Å². The van der Waals surface area contributed by atoms with Crippen molar-refractivity contribution in [2.45, 2.75) is 52.2 Å². The Labute approximate surface area is 151 Å². The molecule has 1 aromatic heterocycles. The molecule has 0 amide bonds. The van der Waals surface area contributed by atoms with E-state index < -0.39 is 0 Å². The number of aryl methyl sites for hydroxylation is 1. The number of rotatable bonds is 7. The molecule has 2 rings (SSSR count). The molecular formula is C19H33N5O. The number of aromatic nitrogens is 1. The van der Waals surface area contributed by atoms with Crippen molar-refractivity contribution in [3.63, 3.8) is 0 Å². The van der Waals surface area contributed by atoms with Gasteiger partial charge >= 0.3 is 0 Å². The summed E-state index contributed by atoms with van der Waals surface area (Å²) in [5.41, 5.74) is 0.0675. The van der Waals surface area contributed by atoms with Crippen LogP contribution in [-0.4, -0.2) is 54.2 Å². The van der Waals surface area contributed by atoms with E-state index in [2.05, 4.69) is 41.3 Å². The Morgan fingerprint density at radius 1 is 1.32 bits per heavy atom. The summed E-state index contributed by atoms with van der Waals surface area (Å²) in [6.45, 7) is 10.6. The predicted molar refractivity (Wildman–Crippen MR) is 104 cm³/mol. The minimum atomic E-state index is 0.0675. The van der Waals surface area contributed by atoms with Gasteiger partial charge in [-0.15, -0.1) is 0 Å². The highest BCUT2D eigenvalue weighted by molar-refractivity contribution is 5.80. The summed E-state index contributed by atoms with van der Waals surface area (Å²) in [5.74, 6) is 1.49. The molecule has 0 radical (unpaired) electrons. The van der Waals surface area contributed by atoms with Crippen LogP contribution < -0.4 is 16.2 Å². The fourth-order valence-corrected chi connectivity index (χ4v) is 3.24. The summed E-state index contributed by atoms with van der Waals surface area (Å²) in [4.78, 5) is 18.5. The van der Waals surface area contributed by atoms with E-state index in [-0.39, 0.29) is 5.56 Å². The van der Waals surface area contributed by atoms with Crippen molar-refractivity contribution in [3.05, 3.63) is 34.7 Å². The first-order valence-electron chi connectivity index (χ1n) is 9.38. The molecule has 6 heteroatoms. The molecule has 25 heavy (non-hydrogen) atoms. The molecule has 2 unspecified atom stereocenters. The van der Waals surface area contributed by atoms with Crippen LogP contribution >= 0.6 is 0 Å². The third kappa shape index (κ3) is 5.88. The lowest BCUT2D eigenvalue weighted by Crippen LogP contribution is -2.47. The van der Waals surface area contributed by atoms with Crippen LogP contribution in [0.5, 0.6) is 0 Å². The second-order valence-corrected chi connectivity index (χ2v) is 7.21. The minimum absolute atomic E-state index is 0.0675. The zero-order valence-corrected chi connectivity index (χ0v) is 16.0. The summed E-state index contributed by atoms with van der Waals surface area (Å²) in [6.07, 6.45) is 3.81. The zero-order chi connectivity index (χ0) is 18.2. The van der Waals surface area contributed by atoms with Gasteiger partial charge in [0, 0.05) is 57.6 Å². The van der Waals surface area contributed by atoms with Crippen molar-refractivity contribution in [3.8, 4) is 0 Å². The second kappa shape index (κ2) is 9.61. The van der Waals surface area contributed by atoms with Gasteiger partial charge in [-0.2, -0.15) is 0 Å². The minimum Gasteiger partial charge on any atom is -0.356 e. The average Bonchev–Trinajstić information content (AvgIpc) is 2.96. The van der Waals surface area contributed by atoms with Crippen molar-refractivity contribution in [1.82, 2.24) is 20.1 Å². The monoisotopic (exact) mass is 347 g/mol. The van der Waals surface area contributed by atoms with Crippen molar-refractivity contribution < 1.29 is 0 Å². The third-order valence-electron chi connectivity index (χ3n) is 4.93. The molecule has 1 aliphatic heterocycles. The van der Waals surface area contributed by atoms with Gasteiger partial charge in [-0.05, 0) is 38.7 Å². The molecule has 2 atom stereocenters. The van der Waals surface area contributed by atoms with Gasteiger partial charge in [-0.3, -0.25) is 14.7 Å². The molecule has 0 aromatic carbocycles. The first-order valence-corrected chi connectivity index (χ1v) is 9.38. The number of nitrogens with zero attached hydrogens (tertiary/aromatic N) is 3. The van der Waals surface area contributed by atoms with Gasteiger partial charge in [0.2, 0.25) is 5.56 Å². The van der Waals surface area contributed by atoms with E-state index in [1.807, 2.05) is 19.3 Å². The number of unbranched alkanes of at least 4 members (excludes halogenated alkanes) is 1. The Morgan fingerprint density at radius 3 is 2.76 bits per heavy atom. The third-order valence-corrected chi connectivity index (χ3v) is 4.93. The molecule has 6 nitrogen and oxygen atoms in total. The largest absolute Gasteiger partial charge is 0.356 e. The molecule has 1 saturated heterocycles. The van der Waals surface area contributed by atoms with Crippen molar-refractivity contribution in [1.29, 1.82) is 0 Å². The van der Waals surface area contributed by atoms with Gasteiger partial charge in [0.15, 0.2) is 5.96 Å². The van der Waals surface area contributed by atoms with Crippen LogP contribution in [0.1, 0.15) is 33.6 Å². The first kappa shape index (κ1) is 19.5. The number of nitrogens with one attached hydrogen (secondary N) is 2. The lowest BCUT2D eigenvalue weighted by molar-refractivity contribution is 0.265. The maximum absolute atomic E-state index is 11.7. The highest BCUT2D eigenvalue weighted by Crippen LogP contribution is 2.18. The first-order chi connectivity index (χ1) is 12.0. The van der Waals surface area contributed by atoms with Gasteiger partial charge in [-0.1, -0.05) is 13.0 Å². The quantitative estimate of drug-likeness (QED) is 0.446. The van der Waals surface area contributed by atoms with Crippen LogP contribution in [-0.2, 0) is 6.54 Å². The van der Waals surface area contributed by atoms with Crippen LogP contribution in [0.4, 0.5) is 0 Å². The maximum atomic E-state index is 11.7. The SMILES string of the molecule is CN=C(NCCCCn1ccccc1=O)NC1CN(C(C)C)CC1C. The van der Waals surface area contributed by atoms with Gasteiger partial charge < -0.3 is 15.2 Å². The summed E-state index contributed by atoms with van der Waals surface area (Å²) < 4.78 is 1.76. The van der Waals surface area contributed by atoms with Gasteiger partial charge in [-0.25, -0.2) is 0 Å². The van der Waals surface area contributed by atoms with Gasteiger partial charge in [0.25, 0.3) is 0 Å². The van der Waals surface area contributed by atoms with E-state index in [1.54, 1.807) is 16.7 Å². The molecule has 1 aliphatic rings. The number of hydrogen-bond acceptors (Lipinski definition) is 3. The Balaban J connectivity index is 1.69. The number of aliphatic imine (C=N–C) groups is 1. The molecular weight excluding hydrogens is 314 g/mol. The fourth-order valence-electron chi connectivity index (χ4n) is 3.24. The normalized spacial score (nSPS) is 21.7. The zero-order valence-electron chi connectivity index (χ0n) is 16.0. The van der Waals surface area contributed by atoms with Crippen molar-refractivity contribution in [2.24, 2.45) is 10.9 Å². The number of guanidine groups is 1. The number of hydrogen-bond donors (Lipinski definition) is 2. The van der Waals surface area contributed by atoms with Crippen LogP contribution in [0.3, 0.4) is 0 Å². The molecule has 0 bridgehead atoms. The van der Waals surface area contributed by atoms with Crippen LogP contribution in [0.15, 0.2) is 34.2 Å². The molecule has 0 spiro atoms. The Bertz CT molecular complexity index is 610. The van der Waals surface area contributed by atoms with Crippen LogP contribution in [0.2, 0.25) is 0 Å². The van der Waals surface area contributed by atoms with E-state index in [9.17, 15) is 4.79 Å². The van der Waals surface area contributed by atoms with E-state index in [0.29, 0.717) is 18.0 Å². The molecule has 2 N–H and O–H groups in total. The van der Waals surface area contributed by atoms with Crippen molar-refractivity contribution >= 4 is 5.96 Å². The molecule has 0 aliphatic carbocycles. The lowest BCUT2D eigenvalue weighted by Gasteiger charge is -2.22. The van der Waals surface area contributed by atoms with E-state index in [1.165, 1.54) is 0 Å². The molecule has 140 valence electrons. The number of likely N-dealkylation sites (tertiary alicyclic amines) is 1. The van der Waals surface area contributed by atoms with E-state index >= 15 is 0 Å². The standard InChI is InChI=1S/C19H33N5O/c1-15(2)24-13-16(3)17(14-24)22-19(20-4)21-10-6-8-12-23-11-7-5-9-18(23)25/h5,7,9,11,15-17H,6,8,10,12-14H2,1-4H3,(H2,20,21,22).